The summed E-state index contributed by atoms with van der Waals surface area (Å²) in [5.41, 5.74) is 6.41. The van der Waals surface area contributed by atoms with Gasteiger partial charge in [0.1, 0.15) is 5.82 Å². The van der Waals surface area contributed by atoms with Crippen LogP contribution in [-0.4, -0.2) is 11.5 Å². The molecule has 0 unspecified atom stereocenters. The molecule has 0 spiro atoms. The summed E-state index contributed by atoms with van der Waals surface area (Å²) in [6, 6.07) is 5.85. The molecule has 1 aliphatic heterocycles. The van der Waals surface area contributed by atoms with E-state index >= 15 is 0 Å². The molecule has 0 amide bonds. The monoisotopic (exact) mass is 173 g/mol. The molecule has 0 atom stereocenters. The fraction of sp³-hybridized carbons (Fsp3) is 0.100. The zero-order valence-electron chi connectivity index (χ0n) is 7.22. The van der Waals surface area contributed by atoms with Crippen molar-refractivity contribution in [2.45, 2.75) is 0 Å². The SMILES string of the molecule is NC1=CCN(c2ccccn2)C=C1. The van der Waals surface area contributed by atoms with Gasteiger partial charge in [-0.05, 0) is 24.3 Å². The maximum Gasteiger partial charge on any atom is 0.132 e. The normalized spacial score (nSPS) is 15.7. The van der Waals surface area contributed by atoms with Gasteiger partial charge in [-0.25, -0.2) is 4.98 Å². The molecule has 0 saturated heterocycles. The molecule has 1 aromatic heterocycles. The van der Waals surface area contributed by atoms with Crippen LogP contribution in [0, 0.1) is 0 Å². The van der Waals surface area contributed by atoms with E-state index in [1.165, 1.54) is 0 Å². The van der Waals surface area contributed by atoms with Gasteiger partial charge in [0.15, 0.2) is 0 Å². The Bertz CT molecular complexity index is 340. The van der Waals surface area contributed by atoms with Crippen molar-refractivity contribution < 1.29 is 0 Å². The number of aromatic nitrogens is 1. The lowest BCUT2D eigenvalue weighted by Gasteiger charge is -2.20. The van der Waals surface area contributed by atoms with Gasteiger partial charge in [-0.15, -0.1) is 0 Å². The molecule has 0 fully saturated rings. The van der Waals surface area contributed by atoms with Gasteiger partial charge in [0, 0.05) is 24.6 Å². The van der Waals surface area contributed by atoms with E-state index in [1.807, 2.05) is 41.5 Å². The van der Waals surface area contributed by atoms with Crippen molar-refractivity contribution in [1.82, 2.24) is 4.98 Å². The highest BCUT2D eigenvalue weighted by Gasteiger charge is 2.04. The second kappa shape index (κ2) is 3.31. The number of rotatable bonds is 1. The summed E-state index contributed by atoms with van der Waals surface area (Å²) in [5, 5.41) is 0. The Morgan fingerprint density at radius 2 is 2.31 bits per heavy atom. The van der Waals surface area contributed by atoms with Gasteiger partial charge in [0.05, 0.1) is 0 Å². The lowest BCUT2D eigenvalue weighted by atomic mass is 10.3. The van der Waals surface area contributed by atoms with Crippen molar-refractivity contribution in [2.24, 2.45) is 5.73 Å². The smallest absolute Gasteiger partial charge is 0.132 e. The van der Waals surface area contributed by atoms with Crippen LogP contribution in [0.2, 0.25) is 0 Å². The first kappa shape index (κ1) is 7.86. The molecule has 0 aromatic carbocycles. The van der Waals surface area contributed by atoms with Gasteiger partial charge in [0.2, 0.25) is 0 Å². The fourth-order valence-electron chi connectivity index (χ4n) is 1.20. The second-order valence-electron chi connectivity index (χ2n) is 2.86. The number of hydrogen-bond donors (Lipinski definition) is 1. The first-order chi connectivity index (χ1) is 6.36. The van der Waals surface area contributed by atoms with Crippen LogP contribution in [0.5, 0.6) is 0 Å². The van der Waals surface area contributed by atoms with E-state index in [0.717, 1.165) is 18.1 Å². The zero-order chi connectivity index (χ0) is 9.10. The van der Waals surface area contributed by atoms with Crippen molar-refractivity contribution in [2.75, 3.05) is 11.4 Å². The number of nitrogens with two attached hydrogens (primary N) is 1. The molecule has 1 aromatic rings. The van der Waals surface area contributed by atoms with Crippen molar-refractivity contribution in [3.05, 3.63) is 48.4 Å². The molecular formula is C10H11N3. The van der Waals surface area contributed by atoms with Crippen molar-refractivity contribution in [3.8, 4) is 0 Å². The summed E-state index contributed by atoms with van der Waals surface area (Å²) >= 11 is 0. The minimum Gasteiger partial charge on any atom is -0.399 e. The Morgan fingerprint density at radius 1 is 1.38 bits per heavy atom. The largest absolute Gasteiger partial charge is 0.399 e. The lowest BCUT2D eigenvalue weighted by molar-refractivity contribution is 1.01. The standard InChI is InChI=1S/C10H11N3/c11-9-4-7-13(8-5-9)10-3-1-2-6-12-10/h1-7H,8,11H2. The highest BCUT2D eigenvalue weighted by atomic mass is 15.2. The van der Waals surface area contributed by atoms with Crippen molar-refractivity contribution in [3.63, 3.8) is 0 Å². The van der Waals surface area contributed by atoms with E-state index < -0.39 is 0 Å². The molecule has 2 rings (SSSR count). The average Bonchev–Trinajstić information content (AvgIpc) is 2.20. The minimum absolute atomic E-state index is 0.791. The van der Waals surface area contributed by atoms with E-state index in [2.05, 4.69) is 4.98 Å². The van der Waals surface area contributed by atoms with Gasteiger partial charge in [-0.1, -0.05) is 6.07 Å². The minimum atomic E-state index is 0.791. The summed E-state index contributed by atoms with van der Waals surface area (Å²) in [5.74, 6) is 0.947. The molecule has 3 heteroatoms. The third-order valence-corrected chi connectivity index (χ3v) is 1.91. The van der Waals surface area contributed by atoms with Crippen LogP contribution in [0.3, 0.4) is 0 Å². The van der Waals surface area contributed by atoms with Gasteiger partial charge in [-0.2, -0.15) is 0 Å². The third-order valence-electron chi connectivity index (χ3n) is 1.91. The van der Waals surface area contributed by atoms with E-state index in [-0.39, 0.29) is 0 Å². The quantitative estimate of drug-likeness (QED) is 0.695. The number of hydrogen-bond acceptors (Lipinski definition) is 3. The molecule has 2 heterocycles. The number of nitrogens with zero attached hydrogens (tertiary/aromatic N) is 2. The van der Waals surface area contributed by atoms with Crippen LogP contribution in [0.25, 0.3) is 0 Å². The molecular weight excluding hydrogens is 162 g/mol. The summed E-state index contributed by atoms with van der Waals surface area (Å²) in [7, 11) is 0. The van der Waals surface area contributed by atoms with Crippen LogP contribution >= 0.6 is 0 Å². The number of anilines is 1. The van der Waals surface area contributed by atoms with E-state index in [4.69, 9.17) is 5.73 Å². The van der Waals surface area contributed by atoms with Crippen LogP contribution < -0.4 is 10.6 Å². The lowest BCUT2D eigenvalue weighted by Crippen LogP contribution is -2.21. The summed E-state index contributed by atoms with van der Waals surface area (Å²) < 4.78 is 0. The number of pyridine rings is 1. The molecule has 0 aliphatic carbocycles. The van der Waals surface area contributed by atoms with Gasteiger partial charge >= 0.3 is 0 Å². The zero-order valence-corrected chi connectivity index (χ0v) is 7.22. The topological polar surface area (TPSA) is 42.1 Å². The van der Waals surface area contributed by atoms with Gasteiger partial charge in [-0.3, -0.25) is 0 Å². The molecule has 13 heavy (non-hydrogen) atoms. The maximum atomic E-state index is 5.60. The van der Waals surface area contributed by atoms with Crippen LogP contribution in [-0.2, 0) is 0 Å². The first-order valence-corrected chi connectivity index (χ1v) is 4.18. The average molecular weight is 173 g/mol. The Morgan fingerprint density at radius 3 is 2.92 bits per heavy atom. The summed E-state index contributed by atoms with van der Waals surface area (Å²) in [6.45, 7) is 0.791. The molecule has 3 nitrogen and oxygen atoms in total. The molecule has 2 N–H and O–H groups in total. The maximum absolute atomic E-state index is 5.60. The van der Waals surface area contributed by atoms with Crippen molar-refractivity contribution >= 4 is 5.82 Å². The predicted octanol–water partition coefficient (Wildman–Crippen LogP) is 1.26. The summed E-state index contributed by atoms with van der Waals surface area (Å²) in [4.78, 5) is 6.27. The molecule has 1 aliphatic rings. The predicted molar refractivity (Wildman–Crippen MR) is 53.0 cm³/mol. The Labute approximate surface area is 77.2 Å². The summed E-state index contributed by atoms with van der Waals surface area (Å²) in [6.07, 6.45) is 7.56. The van der Waals surface area contributed by atoms with Crippen molar-refractivity contribution in [1.29, 1.82) is 0 Å². The number of allylic oxidation sites excluding steroid dienone is 1. The van der Waals surface area contributed by atoms with E-state index in [1.54, 1.807) is 6.20 Å². The van der Waals surface area contributed by atoms with Gasteiger partial charge < -0.3 is 10.6 Å². The Balaban J connectivity index is 2.18. The highest BCUT2D eigenvalue weighted by Crippen LogP contribution is 2.12. The Kier molecular flexibility index (Phi) is 2.00. The van der Waals surface area contributed by atoms with Crippen LogP contribution in [0.4, 0.5) is 5.82 Å². The molecule has 66 valence electrons. The third kappa shape index (κ3) is 1.69. The van der Waals surface area contributed by atoms with E-state index in [9.17, 15) is 0 Å². The fourth-order valence-corrected chi connectivity index (χ4v) is 1.20. The molecule has 0 radical (unpaired) electrons. The van der Waals surface area contributed by atoms with E-state index in [0.29, 0.717) is 0 Å². The Hall–Kier alpha value is -1.77. The first-order valence-electron chi connectivity index (χ1n) is 4.18. The molecule has 0 saturated carbocycles. The van der Waals surface area contributed by atoms with Crippen LogP contribution in [0.1, 0.15) is 0 Å². The highest BCUT2D eigenvalue weighted by molar-refractivity contribution is 5.45. The second-order valence-corrected chi connectivity index (χ2v) is 2.86. The molecule has 0 bridgehead atoms. The van der Waals surface area contributed by atoms with Gasteiger partial charge in [0.25, 0.3) is 0 Å². The van der Waals surface area contributed by atoms with Crippen LogP contribution in [0.15, 0.2) is 48.4 Å².